The van der Waals surface area contributed by atoms with Crippen LogP contribution in [0.5, 0.6) is 0 Å². The second-order valence-electron chi connectivity index (χ2n) is 4.12. The Kier molecular flexibility index (Phi) is 4.30. The van der Waals surface area contributed by atoms with Crippen LogP contribution in [0.1, 0.15) is 24.1 Å². The summed E-state index contributed by atoms with van der Waals surface area (Å²) in [7, 11) is 0. The van der Waals surface area contributed by atoms with Gasteiger partial charge in [0.1, 0.15) is 0 Å². The van der Waals surface area contributed by atoms with Crippen LogP contribution in [-0.2, 0) is 6.54 Å². The minimum absolute atomic E-state index is 0.305. The van der Waals surface area contributed by atoms with Gasteiger partial charge >= 0.3 is 0 Å². The van der Waals surface area contributed by atoms with Crippen molar-refractivity contribution in [1.82, 2.24) is 10.9 Å². The highest BCUT2D eigenvalue weighted by Crippen LogP contribution is 2.09. The molecule has 2 heteroatoms. The van der Waals surface area contributed by atoms with Gasteiger partial charge in [-0.2, -0.15) is 0 Å². The summed E-state index contributed by atoms with van der Waals surface area (Å²) in [5.41, 5.74) is 9.11. The van der Waals surface area contributed by atoms with Gasteiger partial charge in [0, 0.05) is 12.6 Å². The van der Waals surface area contributed by atoms with Crippen LogP contribution in [0.3, 0.4) is 0 Å². The SMILES string of the molecule is C[C@@H](NNCc1ccccc1)c1ccccc1. The molecule has 0 aliphatic carbocycles. The molecule has 2 aromatic carbocycles. The average molecular weight is 226 g/mol. The topological polar surface area (TPSA) is 24.1 Å². The maximum Gasteiger partial charge on any atom is 0.0434 e. The first-order valence-corrected chi connectivity index (χ1v) is 5.93. The van der Waals surface area contributed by atoms with Gasteiger partial charge in [0.2, 0.25) is 0 Å². The lowest BCUT2D eigenvalue weighted by molar-refractivity contribution is 0.460. The highest BCUT2D eigenvalue weighted by Gasteiger charge is 2.02. The third kappa shape index (κ3) is 3.70. The van der Waals surface area contributed by atoms with E-state index in [-0.39, 0.29) is 0 Å². The number of benzene rings is 2. The summed E-state index contributed by atoms with van der Waals surface area (Å²) in [6, 6.07) is 21.1. The molecule has 0 radical (unpaired) electrons. The van der Waals surface area contributed by atoms with Crippen LogP contribution in [-0.4, -0.2) is 0 Å². The lowest BCUT2D eigenvalue weighted by Gasteiger charge is -2.15. The zero-order chi connectivity index (χ0) is 11.9. The van der Waals surface area contributed by atoms with E-state index in [1.807, 2.05) is 12.1 Å². The summed E-state index contributed by atoms with van der Waals surface area (Å²) in [4.78, 5) is 0. The van der Waals surface area contributed by atoms with E-state index in [4.69, 9.17) is 0 Å². The molecular weight excluding hydrogens is 208 g/mol. The van der Waals surface area contributed by atoms with Gasteiger partial charge in [0.25, 0.3) is 0 Å². The van der Waals surface area contributed by atoms with E-state index in [1.54, 1.807) is 0 Å². The van der Waals surface area contributed by atoms with Crippen LogP contribution < -0.4 is 10.9 Å². The molecule has 2 nitrogen and oxygen atoms in total. The molecule has 0 aliphatic rings. The van der Waals surface area contributed by atoms with Crippen LogP contribution in [0.4, 0.5) is 0 Å². The van der Waals surface area contributed by atoms with Crippen molar-refractivity contribution in [2.75, 3.05) is 0 Å². The van der Waals surface area contributed by atoms with Gasteiger partial charge in [0.15, 0.2) is 0 Å². The number of rotatable bonds is 5. The zero-order valence-corrected chi connectivity index (χ0v) is 10.1. The summed E-state index contributed by atoms with van der Waals surface area (Å²) in [6.07, 6.45) is 0. The summed E-state index contributed by atoms with van der Waals surface area (Å²) in [5.74, 6) is 0. The van der Waals surface area contributed by atoms with Gasteiger partial charge < -0.3 is 0 Å². The van der Waals surface area contributed by atoms with Crippen molar-refractivity contribution in [3.63, 3.8) is 0 Å². The molecule has 0 saturated heterocycles. The molecule has 2 rings (SSSR count). The number of hydrazine groups is 1. The van der Waals surface area contributed by atoms with E-state index in [0.717, 1.165) is 6.54 Å². The fourth-order valence-electron chi connectivity index (χ4n) is 1.73. The largest absolute Gasteiger partial charge is 0.253 e. The normalized spacial score (nSPS) is 12.3. The first-order valence-electron chi connectivity index (χ1n) is 5.93. The Balaban J connectivity index is 1.79. The molecule has 0 aromatic heterocycles. The van der Waals surface area contributed by atoms with Gasteiger partial charge in [-0.15, -0.1) is 0 Å². The molecule has 0 heterocycles. The highest BCUT2D eigenvalue weighted by atomic mass is 15.4. The first kappa shape index (κ1) is 11.8. The number of hydrogen-bond acceptors (Lipinski definition) is 2. The van der Waals surface area contributed by atoms with Crippen molar-refractivity contribution < 1.29 is 0 Å². The van der Waals surface area contributed by atoms with Crippen molar-refractivity contribution in [2.24, 2.45) is 0 Å². The van der Waals surface area contributed by atoms with Crippen LogP contribution in [0.2, 0.25) is 0 Å². The Morgan fingerprint density at radius 1 is 0.882 bits per heavy atom. The first-order chi connectivity index (χ1) is 8.36. The fraction of sp³-hybridized carbons (Fsp3) is 0.200. The predicted molar refractivity (Wildman–Crippen MR) is 71.3 cm³/mol. The molecule has 88 valence electrons. The molecule has 0 bridgehead atoms. The molecule has 0 fully saturated rings. The van der Waals surface area contributed by atoms with Crippen LogP contribution in [0.15, 0.2) is 60.7 Å². The maximum absolute atomic E-state index is 3.30. The van der Waals surface area contributed by atoms with E-state index < -0.39 is 0 Å². The Morgan fingerprint density at radius 3 is 2.12 bits per heavy atom. The van der Waals surface area contributed by atoms with Gasteiger partial charge in [-0.25, -0.2) is 0 Å². The Labute approximate surface area is 103 Å². The molecule has 2 aromatic rings. The molecule has 0 spiro atoms. The molecule has 0 unspecified atom stereocenters. The van der Waals surface area contributed by atoms with E-state index in [9.17, 15) is 0 Å². The lowest BCUT2D eigenvalue weighted by Crippen LogP contribution is -2.33. The second-order valence-corrected chi connectivity index (χ2v) is 4.12. The Morgan fingerprint density at radius 2 is 1.47 bits per heavy atom. The van der Waals surface area contributed by atoms with E-state index in [0.29, 0.717) is 6.04 Å². The molecule has 0 saturated carbocycles. The summed E-state index contributed by atoms with van der Waals surface area (Å²) >= 11 is 0. The van der Waals surface area contributed by atoms with E-state index >= 15 is 0 Å². The lowest BCUT2D eigenvalue weighted by atomic mass is 10.1. The molecular formula is C15H18N2. The average Bonchev–Trinajstić information content (AvgIpc) is 2.41. The second kappa shape index (κ2) is 6.18. The van der Waals surface area contributed by atoms with Crippen molar-refractivity contribution in [2.45, 2.75) is 19.5 Å². The van der Waals surface area contributed by atoms with Gasteiger partial charge in [-0.1, -0.05) is 60.7 Å². The quantitative estimate of drug-likeness (QED) is 0.766. The van der Waals surface area contributed by atoms with Gasteiger partial charge in [-0.3, -0.25) is 10.9 Å². The van der Waals surface area contributed by atoms with Crippen molar-refractivity contribution in [3.05, 3.63) is 71.8 Å². The fourth-order valence-corrected chi connectivity index (χ4v) is 1.73. The molecule has 2 N–H and O–H groups in total. The van der Waals surface area contributed by atoms with Crippen LogP contribution in [0.25, 0.3) is 0 Å². The minimum Gasteiger partial charge on any atom is -0.253 e. The molecule has 0 amide bonds. The minimum atomic E-state index is 0.305. The Bertz CT molecular complexity index is 425. The standard InChI is InChI=1S/C15H18N2/c1-13(15-10-6-3-7-11-15)17-16-12-14-8-4-2-5-9-14/h2-11,13,16-17H,12H2,1H3/t13-/m1/s1. The van der Waals surface area contributed by atoms with E-state index in [1.165, 1.54) is 11.1 Å². The highest BCUT2D eigenvalue weighted by molar-refractivity contribution is 5.18. The monoisotopic (exact) mass is 226 g/mol. The predicted octanol–water partition coefficient (Wildman–Crippen LogP) is 3.04. The van der Waals surface area contributed by atoms with Crippen molar-refractivity contribution >= 4 is 0 Å². The number of nitrogens with one attached hydrogen (secondary N) is 2. The summed E-state index contributed by atoms with van der Waals surface area (Å²) in [5, 5.41) is 0. The Hall–Kier alpha value is -1.64. The van der Waals surface area contributed by atoms with Crippen molar-refractivity contribution in [3.8, 4) is 0 Å². The van der Waals surface area contributed by atoms with Gasteiger partial charge in [0.05, 0.1) is 0 Å². The van der Waals surface area contributed by atoms with Gasteiger partial charge in [-0.05, 0) is 18.1 Å². The molecule has 1 atom stereocenters. The molecule has 17 heavy (non-hydrogen) atoms. The smallest absolute Gasteiger partial charge is 0.0434 e. The maximum atomic E-state index is 3.30. The third-order valence-corrected chi connectivity index (χ3v) is 2.75. The summed E-state index contributed by atoms with van der Waals surface area (Å²) in [6.45, 7) is 2.98. The summed E-state index contributed by atoms with van der Waals surface area (Å²) < 4.78 is 0. The molecule has 0 aliphatic heterocycles. The third-order valence-electron chi connectivity index (χ3n) is 2.75. The van der Waals surface area contributed by atoms with Crippen molar-refractivity contribution in [1.29, 1.82) is 0 Å². The zero-order valence-electron chi connectivity index (χ0n) is 10.1. The van der Waals surface area contributed by atoms with Crippen LogP contribution >= 0.6 is 0 Å². The van der Waals surface area contributed by atoms with E-state index in [2.05, 4.69) is 66.3 Å². The number of hydrogen-bond donors (Lipinski definition) is 2. The van der Waals surface area contributed by atoms with Crippen LogP contribution in [0, 0.1) is 0 Å².